The summed E-state index contributed by atoms with van der Waals surface area (Å²) in [4.78, 5) is 12.2. The molecule has 0 aliphatic rings. The number of rotatable bonds is 8. The van der Waals surface area contributed by atoms with Gasteiger partial charge in [-0.15, -0.1) is 0 Å². The van der Waals surface area contributed by atoms with Crippen molar-refractivity contribution < 1.29 is 13.2 Å². The quantitative estimate of drug-likeness (QED) is 0.698. The molecule has 0 heterocycles. The third-order valence-electron chi connectivity index (χ3n) is 4.19. The van der Waals surface area contributed by atoms with E-state index in [1.165, 1.54) is 11.1 Å². The normalized spacial score (nSPS) is 11.3. The second-order valence-electron chi connectivity index (χ2n) is 6.49. The Bertz CT molecular complexity index is 859. The van der Waals surface area contributed by atoms with Crippen LogP contribution >= 0.6 is 0 Å². The van der Waals surface area contributed by atoms with Crippen molar-refractivity contribution in [1.29, 1.82) is 0 Å². The summed E-state index contributed by atoms with van der Waals surface area (Å²) in [5, 5.41) is 2.75. The number of hydrogen-bond donors (Lipinski definition) is 2. The van der Waals surface area contributed by atoms with E-state index in [9.17, 15) is 13.2 Å². The Kier molecular flexibility index (Phi) is 6.94. The van der Waals surface area contributed by atoms with Crippen LogP contribution in [0.5, 0.6) is 0 Å². The lowest BCUT2D eigenvalue weighted by atomic mass is 10.0. The molecule has 0 fully saturated rings. The second-order valence-corrected chi connectivity index (χ2v) is 8.26. The first-order valence-electron chi connectivity index (χ1n) is 8.67. The molecule has 26 heavy (non-hydrogen) atoms. The lowest BCUT2D eigenvalue weighted by Gasteiger charge is -2.09. The van der Waals surface area contributed by atoms with Crippen LogP contribution in [0, 0.1) is 20.8 Å². The minimum atomic E-state index is -3.54. The standard InChI is InChI=1S/C20H26N2O3S/c1-15-5-9-19(10-6-15)26(24,25)22-13-12-21-20(23)11-8-18-7-4-16(2)14-17(18)3/h4-7,9-10,14,22H,8,11-13H2,1-3H3,(H,21,23). The molecular weight excluding hydrogens is 348 g/mol. The van der Waals surface area contributed by atoms with Crippen LogP contribution in [-0.2, 0) is 21.2 Å². The molecule has 0 atom stereocenters. The maximum atomic E-state index is 12.1. The molecule has 2 aromatic carbocycles. The van der Waals surface area contributed by atoms with Crippen LogP contribution in [0.1, 0.15) is 28.7 Å². The molecule has 0 unspecified atom stereocenters. The van der Waals surface area contributed by atoms with E-state index in [-0.39, 0.29) is 23.9 Å². The fourth-order valence-electron chi connectivity index (χ4n) is 2.65. The number of carbonyl (C=O) groups excluding carboxylic acids is 1. The minimum absolute atomic E-state index is 0.0838. The van der Waals surface area contributed by atoms with E-state index >= 15 is 0 Å². The number of carbonyl (C=O) groups is 1. The Morgan fingerprint density at radius 3 is 2.23 bits per heavy atom. The molecule has 2 N–H and O–H groups in total. The number of amides is 1. The number of sulfonamides is 1. The fourth-order valence-corrected chi connectivity index (χ4v) is 3.68. The Hall–Kier alpha value is -2.18. The van der Waals surface area contributed by atoms with Crippen molar-refractivity contribution in [3.8, 4) is 0 Å². The van der Waals surface area contributed by atoms with Gasteiger partial charge in [0.2, 0.25) is 15.9 Å². The van der Waals surface area contributed by atoms with Crippen LogP contribution < -0.4 is 10.0 Å². The van der Waals surface area contributed by atoms with Gasteiger partial charge in [0.15, 0.2) is 0 Å². The Balaban J connectivity index is 1.73. The first kappa shape index (κ1) is 20.1. The number of hydrogen-bond acceptors (Lipinski definition) is 3. The Morgan fingerprint density at radius 2 is 1.58 bits per heavy atom. The lowest BCUT2D eigenvalue weighted by Crippen LogP contribution is -2.34. The van der Waals surface area contributed by atoms with Gasteiger partial charge in [0.1, 0.15) is 0 Å². The van der Waals surface area contributed by atoms with Crippen LogP contribution in [0.2, 0.25) is 0 Å². The van der Waals surface area contributed by atoms with Crippen LogP contribution in [0.25, 0.3) is 0 Å². The molecule has 0 spiro atoms. The van der Waals surface area contributed by atoms with Crippen molar-refractivity contribution in [2.45, 2.75) is 38.5 Å². The first-order chi connectivity index (χ1) is 12.3. The topological polar surface area (TPSA) is 75.3 Å². The summed E-state index contributed by atoms with van der Waals surface area (Å²) in [5.74, 6) is -0.0838. The molecule has 0 aromatic heterocycles. The second kappa shape index (κ2) is 8.96. The van der Waals surface area contributed by atoms with E-state index in [1.54, 1.807) is 24.3 Å². The van der Waals surface area contributed by atoms with Gasteiger partial charge < -0.3 is 5.32 Å². The average Bonchev–Trinajstić information content (AvgIpc) is 2.58. The molecule has 5 nitrogen and oxygen atoms in total. The molecule has 0 radical (unpaired) electrons. The zero-order valence-corrected chi connectivity index (χ0v) is 16.3. The van der Waals surface area contributed by atoms with E-state index in [4.69, 9.17) is 0 Å². The highest BCUT2D eigenvalue weighted by molar-refractivity contribution is 7.89. The Morgan fingerprint density at radius 1 is 0.923 bits per heavy atom. The predicted molar refractivity (Wildman–Crippen MR) is 104 cm³/mol. The minimum Gasteiger partial charge on any atom is -0.355 e. The number of nitrogens with one attached hydrogen (secondary N) is 2. The van der Waals surface area contributed by atoms with Gasteiger partial charge in [-0.05, 0) is 50.5 Å². The van der Waals surface area contributed by atoms with Gasteiger partial charge in [-0.2, -0.15) is 0 Å². The Labute approximate surface area is 155 Å². The van der Waals surface area contributed by atoms with Crippen molar-refractivity contribution >= 4 is 15.9 Å². The molecule has 2 rings (SSSR count). The maximum Gasteiger partial charge on any atom is 0.240 e. The molecular formula is C20H26N2O3S. The SMILES string of the molecule is Cc1ccc(S(=O)(=O)NCCNC(=O)CCc2ccc(C)cc2C)cc1. The highest BCUT2D eigenvalue weighted by Crippen LogP contribution is 2.12. The maximum absolute atomic E-state index is 12.1. The van der Waals surface area contributed by atoms with Crippen molar-refractivity contribution in [2.75, 3.05) is 13.1 Å². The number of benzene rings is 2. The smallest absolute Gasteiger partial charge is 0.240 e. The van der Waals surface area contributed by atoms with Gasteiger partial charge in [-0.25, -0.2) is 13.1 Å². The fraction of sp³-hybridized carbons (Fsp3) is 0.350. The summed E-state index contributed by atoms with van der Waals surface area (Å²) in [6.07, 6.45) is 1.06. The van der Waals surface area contributed by atoms with Crippen LogP contribution in [0.15, 0.2) is 47.4 Å². The van der Waals surface area contributed by atoms with E-state index in [2.05, 4.69) is 16.1 Å². The third kappa shape index (κ3) is 5.97. The van der Waals surface area contributed by atoms with Crippen LogP contribution in [0.4, 0.5) is 0 Å². The lowest BCUT2D eigenvalue weighted by molar-refractivity contribution is -0.121. The van der Waals surface area contributed by atoms with E-state index < -0.39 is 10.0 Å². The van der Waals surface area contributed by atoms with Crippen molar-refractivity contribution in [3.05, 3.63) is 64.7 Å². The number of aryl methyl sites for hydroxylation is 4. The molecule has 0 bridgehead atoms. The van der Waals surface area contributed by atoms with Crippen molar-refractivity contribution in [2.24, 2.45) is 0 Å². The summed E-state index contributed by atoms with van der Waals surface area (Å²) in [7, 11) is -3.54. The highest BCUT2D eigenvalue weighted by Gasteiger charge is 2.12. The molecule has 6 heteroatoms. The van der Waals surface area contributed by atoms with Gasteiger partial charge in [0.25, 0.3) is 0 Å². The third-order valence-corrected chi connectivity index (χ3v) is 5.67. The molecule has 0 aliphatic carbocycles. The average molecular weight is 375 g/mol. The molecule has 140 valence electrons. The first-order valence-corrected chi connectivity index (χ1v) is 10.2. The summed E-state index contributed by atoms with van der Waals surface area (Å²) in [6.45, 7) is 6.40. The van der Waals surface area contributed by atoms with Crippen molar-refractivity contribution in [3.63, 3.8) is 0 Å². The van der Waals surface area contributed by atoms with Gasteiger partial charge in [-0.1, -0.05) is 41.5 Å². The largest absolute Gasteiger partial charge is 0.355 e. The summed E-state index contributed by atoms with van der Waals surface area (Å²) in [5.41, 5.74) is 4.55. The highest BCUT2D eigenvalue weighted by atomic mass is 32.2. The zero-order chi connectivity index (χ0) is 19.2. The molecule has 0 saturated heterocycles. The summed E-state index contributed by atoms with van der Waals surface area (Å²) < 4.78 is 26.8. The van der Waals surface area contributed by atoms with Crippen LogP contribution in [-0.4, -0.2) is 27.4 Å². The summed E-state index contributed by atoms with van der Waals surface area (Å²) >= 11 is 0. The van der Waals surface area contributed by atoms with E-state index in [1.807, 2.05) is 32.9 Å². The molecule has 0 saturated carbocycles. The molecule has 0 aliphatic heterocycles. The predicted octanol–water partition coefficient (Wildman–Crippen LogP) is 2.64. The van der Waals surface area contributed by atoms with E-state index in [0.717, 1.165) is 11.1 Å². The van der Waals surface area contributed by atoms with Gasteiger partial charge in [0.05, 0.1) is 4.90 Å². The van der Waals surface area contributed by atoms with Crippen LogP contribution in [0.3, 0.4) is 0 Å². The van der Waals surface area contributed by atoms with Gasteiger partial charge >= 0.3 is 0 Å². The van der Waals surface area contributed by atoms with Gasteiger partial charge in [-0.3, -0.25) is 4.79 Å². The molecule has 1 amide bonds. The monoisotopic (exact) mass is 374 g/mol. The van der Waals surface area contributed by atoms with E-state index in [0.29, 0.717) is 12.8 Å². The zero-order valence-electron chi connectivity index (χ0n) is 15.5. The molecule has 2 aromatic rings. The van der Waals surface area contributed by atoms with Crippen molar-refractivity contribution in [1.82, 2.24) is 10.0 Å². The summed E-state index contributed by atoms with van der Waals surface area (Å²) in [6, 6.07) is 12.8. The van der Waals surface area contributed by atoms with Gasteiger partial charge in [0, 0.05) is 19.5 Å².